The number of nitrogens with one attached hydrogen (secondary N) is 1. The second-order valence-electron chi connectivity index (χ2n) is 4.29. The van der Waals surface area contributed by atoms with Crippen molar-refractivity contribution in [1.29, 1.82) is 0 Å². The standard InChI is InChI=1S/C13H17FN2O3/c1-3-5-10(4-2)15-13(17)9-6-7-11(14)12(8-9)16(18)19/h6-8,10H,3-5H2,1-2H3,(H,15,17). The third kappa shape index (κ3) is 4.01. The number of hydrogen-bond acceptors (Lipinski definition) is 3. The SMILES string of the molecule is CCCC(CC)NC(=O)c1ccc(F)c([N+](=O)[O-])c1. The molecule has 1 aromatic rings. The Bertz CT molecular complexity index is 477. The molecule has 1 amide bonds. The van der Waals surface area contributed by atoms with Crippen molar-refractivity contribution in [2.75, 3.05) is 0 Å². The van der Waals surface area contributed by atoms with Crippen molar-refractivity contribution in [2.45, 2.75) is 39.2 Å². The summed E-state index contributed by atoms with van der Waals surface area (Å²) in [5.74, 6) is -1.36. The summed E-state index contributed by atoms with van der Waals surface area (Å²) in [5, 5.41) is 13.4. The summed E-state index contributed by atoms with van der Waals surface area (Å²) in [4.78, 5) is 21.7. The Balaban J connectivity index is 2.88. The average Bonchev–Trinajstić information content (AvgIpc) is 2.38. The smallest absolute Gasteiger partial charge is 0.305 e. The monoisotopic (exact) mass is 268 g/mol. The van der Waals surface area contributed by atoms with Crippen molar-refractivity contribution in [3.63, 3.8) is 0 Å². The summed E-state index contributed by atoms with van der Waals surface area (Å²) >= 11 is 0. The molecule has 0 saturated carbocycles. The summed E-state index contributed by atoms with van der Waals surface area (Å²) in [6.07, 6.45) is 2.55. The summed E-state index contributed by atoms with van der Waals surface area (Å²) < 4.78 is 13.2. The highest BCUT2D eigenvalue weighted by molar-refractivity contribution is 5.95. The van der Waals surface area contributed by atoms with Crippen molar-refractivity contribution in [1.82, 2.24) is 5.32 Å². The number of hydrogen-bond donors (Lipinski definition) is 1. The molecule has 1 rings (SSSR count). The van der Waals surface area contributed by atoms with E-state index in [1.807, 2.05) is 13.8 Å². The first kappa shape index (κ1) is 15.1. The van der Waals surface area contributed by atoms with Crippen LogP contribution in [0.1, 0.15) is 43.5 Å². The van der Waals surface area contributed by atoms with Crippen LogP contribution < -0.4 is 5.32 Å². The maximum atomic E-state index is 13.2. The fourth-order valence-electron chi connectivity index (χ4n) is 1.79. The highest BCUT2D eigenvalue weighted by atomic mass is 19.1. The molecule has 0 aliphatic heterocycles. The molecule has 1 unspecified atom stereocenters. The van der Waals surface area contributed by atoms with E-state index in [-0.39, 0.29) is 11.6 Å². The first-order chi connectivity index (χ1) is 8.99. The van der Waals surface area contributed by atoms with Gasteiger partial charge in [-0.05, 0) is 25.0 Å². The average molecular weight is 268 g/mol. The van der Waals surface area contributed by atoms with Gasteiger partial charge in [0.15, 0.2) is 0 Å². The normalized spacial score (nSPS) is 11.9. The van der Waals surface area contributed by atoms with Gasteiger partial charge in [-0.3, -0.25) is 14.9 Å². The predicted molar refractivity (Wildman–Crippen MR) is 69.5 cm³/mol. The third-order valence-electron chi connectivity index (χ3n) is 2.87. The number of nitrogens with zero attached hydrogens (tertiary/aromatic N) is 1. The van der Waals surface area contributed by atoms with Crippen molar-refractivity contribution >= 4 is 11.6 Å². The zero-order chi connectivity index (χ0) is 14.4. The van der Waals surface area contributed by atoms with E-state index in [1.54, 1.807) is 0 Å². The Morgan fingerprint density at radius 2 is 2.16 bits per heavy atom. The molecule has 0 aliphatic rings. The molecular weight excluding hydrogens is 251 g/mol. The lowest BCUT2D eigenvalue weighted by atomic mass is 10.1. The number of rotatable bonds is 6. The molecule has 0 aliphatic carbocycles. The lowest BCUT2D eigenvalue weighted by Crippen LogP contribution is -2.34. The molecule has 0 heterocycles. The molecule has 1 atom stereocenters. The molecule has 0 fully saturated rings. The van der Waals surface area contributed by atoms with Crippen molar-refractivity contribution in [3.8, 4) is 0 Å². The van der Waals surface area contributed by atoms with Crippen molar-refractivity contribution in [3.05, 3.63) is 39.7 Å². The van der Waals surface area contributed by atoms with Crippen LogP contribution >= 0.6 is 0 Å². The number of benzene rings is 1. The molecule has 104 valence electrons. The second-order valence-corrected chi connectivity index (χ2v) is 4.29. The zero-order valence-electron chi connectivity index (χ0n) is 11.0. The second kappa shape index (κ2) is 6.82. The van der Waals surface area contributed by atoms with Gasteiger partial charge in [0.05, 0.1) is 4.92 Å². The van der Waals surface area contributed by atoms with E-state index in [0.29, 0.717) is 0 Å². The summed E-state index contributed by atoms with van der Waals surface area (Å²) in [5.41, 5.74) is -0.584. The minimum Gasteiger partial charge on any atom is -0.349 e. The number of amides is 1. The van der Waals surface area contributed by atoms with Crippen LogP contribution in [0.5, 0.6) is 0 Å². The van der Waals surface area contributed by atoms with Crippen LogP contribution in [-0.2, 0) is 0 Å². The molecule has 6 heteroatoms. The van der Waals surface area contributed by atoms with Crippen LogP contribution in [0, 0.1) is 15.9 Å². The summed E-state index contributed by atoms with van der Waals surface area (Å²) in [6, 6.07) is 3.18. The van der Waals surface area contributed by atoms with Gasteiger partial charge in [-0.25, -0.2) is 0 Å². The van der Waals surface area contributed by atoms with E-state index in [9.17, 15) is 19.3 Å². The van der Waals surface area contributed by atoms with E-state index in [4.69, 9.17) is 0 Å². The number of nitro benzene ring substituents is 1. The lowest BCUT2D eigenvalue weighted by Gasteiger charge is -2.15. The van der Waals surface area contributed by atoms with Gasteiger partial charge in [0.2, 0.25) is 5.82 Å². The molecule has 5 nitrogen and oxygen atoms in total. The quantitative estimate of drug-likeness (QED) is 0.636. The summed E-state index contributed by atoms with van der Waals surface area (Å²) in [6.45, 7) is 3.96. The maximum Gasteiger partial charge on any atom is 0.305 e. The van der Waals surface area contributed by atoms with Gasteiger partial charge in [0.1, 0.15) is 0 Å². The molecule has 0 saturated heterocycles. The molecule has 0 spiro atoms. The Morgan fingerprint density at radius 3 is 2.68 bits per heavy atom. The van der Waals surface area contributed by atoms with Crippen LogP contribution in [0.3, 0.4) is 0 Å². The topological polar surface area (TPSA) is 72.2 Å². The molecule has 19 heavy (non-hydrogen) atoms. The molecule has 0 radical (unpaired) electrons. The zero-order valence-corrected chi connectivity index (χ0v) is 11.0. The Morgan fingerprint density at radius 1 is 1.47 bits per heavy atom. The lowest BCUT2D eigenvalue weighted by molar-refractivity contribution is -0.387. The van der Waals surface area contributed by atoms with Crippen LogP contribution in [-0.4, -0.2) is 16.9 Å². The van der Waals surface area contributed by atoms with Gasteiger partial charge >= 0.3 is 5.69 Å². The molecule has 1 N–H and O–H groups in total. The van der Waals surface area contributed by atoms with Gasteiger partial charge in [-0.15, -0.1) is 0 Å². The molecule has 0 aromatic heterocycles. The highest BCUT2D eigenvalue weighted by Gasteiger charge is 2.18. The van der Waals surface area contributed by atoms with Gasteiger partial charge < -0.3 is 5.32 Å². The minimum absolute atomic E-state index is 0.0293. The minimum atomic E-state index is -0.942. The largest absolute Gasteiger partial charge is 0.349 e. The summed E-state index contributed by atoms with van der Waals surface area (Å²) in [7, 11) is 0. The fraction of sp³-hybridized carbons (Fsp3) is 0.462. The van der Waals surface area contributed by atoms with Crippen molar-refractivity contribution in [2.24, 2.45) is 0 Å². The molecule has 0 bridgehead atoms. The Kier molecular flexibility index (Phi) is 5.41. The van der Waals surface area contributed by atoms with Gasteiger partial charge in [-0.2, -0.15) is 4.39 Å². The maximum absolute atomic E-state index is 13.2. The third-order valence-corrected chi connectivity index (χ3v) is 2.87. The van der Waals surface area contributed by atoms with E-state index in [1.165, 1.54) is 6.07 Å². The van der Waals surface area contributed by atoms with E-state index < -0.39 is 22.3 Å². The Hall–Kier alpha value is -1.98. The Labute approximate surface area is 111 Å². The number of nitro groups is 1. The van der Waals surface area contributed by atoms with Crippen LogP contribution in [0.25, 0.3) is 0 Å². The first-order valence-corrected chi connectivity index (χ1v) is 6.24. The number of halogens is 1. The van der Waals surface area contributed by atoms with Gasteiger partial charge in [0.25, 0.3) is 5.91 Å². The highest BCUT2D eigenvalue weighted by Crippen LogP contribution is 2.18. The van der Waals surface area contributed by atoms with Crippen LogP contribution in [0.2, 0.25) is 0 Å². The fourth-order valence-corrected chi connectivity index (χ4v) is 1.79. The predicted octanol–water partition coefficient (Wildman–Crippen LogP) is 3.04. The van der Waals surface area contributed by atoms with Crippen LogP contribution in [0.4, 0.5) is 10.1 Å². The van der Waals surface area contributed by atoms with Crippen LogP contribution in [0.15, 0.2) is 18.2 Å². The number of carbonyl (C=O) groups excluding carboxylic acids is 1. The van der Waals surface area contributed by atoms with Crippen molar-refractivity contribution < 1.29 is 14.1 Å². The van der Waals surface area contributed by atoms with E-state index in [0.717, 1.165) is 31.4 Å². The molecule has 1 aromatic carbocycles. The van der Waals surface area contributed by atoms with Gasteiger partial charge in [-0.1, -0.05) is 20.3 Å². The van der Waals surface area contributed by atoms with E-state index in [2.05, 4.69) is 5.32 Å². The number of carbonyl (C=O) groups is 1. The van der Waals surface area contributed by atoms with Gasteiger partial charge in [0, 0.05) is 17.7 Å². The molecular formula is C13H17FN2O3. The first-order valence-electron chi connectivity index (χ1n) is 6.24. The van der Waals surface area contributed by atoms with E-state index >= 15 is 0 Å².